The molecule has 0 saturated heterocycles. The van der Waals surface area contributed by atoms with Gasteiger partial charge in [0, 0.05) is 23.0 Å². The van der Waals surface area contributed by atoms with Gasteiger partial charge in [0.05, 0.1) is 0 Å². The number of hydrogen-bond donors (Lipinski definition) is 1. The first-order valence-corrected chi connectivity index (χ1v) is 5.39. The third-order valence-corrected chi connectivity index (χ3v) is 3.09. The van der Waals surface area contributed by atoms with Crippen molar-refractivity contribution in [3.05, 3.63) is 23.0 Å². The third-order valence-electron chi connectivity index (χ3n) is 3.09. The lowest BCUT2D eigenvalue weighted by molar-refractivity contribution is 0.546. The molecule has 0 radical (unpaired) electrons. The number of nitrogens with zero attached hydrogens (tertiary/aromatic N) is 1. The molecule has 1 saturated carbocycles. The topological polar surface area (TPSA) is 30.9 Å². The van der Waals surface area contributed by atoms with Crippen LogP contribution in [-0.4, -0.2) is 4.57 Å². The van der Waals surface area contributed by atoms with Gasteiger partial charge in [0.15, 0.2) is 0 Å². The Labute approximate surface area is 86.1 Å². The standard InChI is InChI=1S/C12H20N2/c1-8-7-11(12(3,4)13)9(2)14(8)10-5-6-10/h7,10H,5-6,13H2,1-4H3. The molecule has 2 N–H and O–H groups in total. The zero-order valence-electron chi connectivity index (χ0n) is 9.59. The molecule has 0 unspecified atom stereocenters. The van der Waals surface area contributed by atoms with Crippen LogP contribution < -0.4 is 5.73 Å². The van der Waals surface area contributed by atoms with Crippen molar-refractivity contribution in [2.24, 2.45) is 5.73 Å². The predicted octanol–water partition coefficient (Wildman–Crippen LogP) is 2.63. The number of hydrogen-bond acceptors (Lipinski definition) is 1. The summed E-state index contributed by atoms with van der Waals surface area (Å²) in [4.78, 5) is 0. The molecule has 0 bridgehead atoms. The van der Waals surface area contributed by atoms with Crippen LogP contribution in [0.4, 0.5) is 0 Å². The molecule has 0 aromatic carbocycles. The average molecular weight is 192 g/mol. The van der Waals surface area contributed by atoms with Crippen LogP contribution >= 0.6 is 0 Å². The summed E-state index contributed by atoms with van der Waals surface area (Å²) in [6, 6.07) is 3.00. The van der Waals surface area contributed by atoms with Gasteiger partial charge >= 0.3 is 0 Å². The Bertz CT molecular complexity index is 351. The highest BCUT2D eigenvalue weighted by Crippen LogP contribution is 2.39. The molecule has 1 aliphatic rings. The van der Waals surface area contributed by atoms with E-state index in [0.29, 0.717) is 0 Å². The van der Waals surface area contributed by atoms with Crippen LogP contribution in [-0.2, 0) is 5.54 Å². The van der Waals surface area contributed by atoms with Crippen molar-refractivity contribution in [2.45, 2.75) is 52.1 Å². The highest BCUT2D eigenvalue weighted by atomic mass is 15.1. The lowest BCUT2D eigenvalue weighted by Gasteiger charge is -2.19. The van der Waals surface area contributed by atoms with Crippen molar-refractivity contribution in [1.82, 2.24) is 4.57 Å². The van der Waals surface area contributed by atoms with E-state index in [-0.39, 0.29) is 5.54 Å². The molecule has 78 valence electrons. The molecule has 0 atom stereocenters. The second-order valence-electron chi connectivity index (χ2n) is 5.11. The molecular formula is C12H20N2. The molecule has 2 heteroatoms. The maximum absolute atomic E-state index is 6.15. The fourth-order valence-electron chi connectivity index (χ4n) is 2.32. The Balaban J connectivity index is 2.48. The Morgan fingerprint density at radius 1 is 1.36 bits per heavy atom. The average Bonchev–Trinajstić information content (AvgIpc) is 2.78. The van der Waals surface area contributed by atoms with E-state index in [0.717, 1.165) is 6.04 Å². The van der Waals surface area contributed by atoms with Gasteiger partial charge in [-0.25, -0.2) is 0 Å². The second-order valence-corrected chi connectivity index (χ2v) is 5.11. The summed E-state index contributed by atoms with van der Waals surface area (Å²) >= 11 is 0. The van der Waals surface area contributed by atoms with E-state index < -0.39 is 0 Å². The first kappa shape index (κ1) is 9.78. The van der Waals surface area contributed by atoms with Crippen molar-refractivity contribution in [2.75, 3.05) is 0 Å². The normalized spacial score (nSPS) is 17.5. The van der Waals surface area contributed by atoms with Crippen LogP contribution in [0.1, 0.15) is 49.7 Å². The Kier molecular flexibility index (Phi) is 2.00. The molecule has 2 nitrogen and oxygen atoms in total. The van der Waals surface area contributed by atoms with Gasteiger partial charge in [0.2, 0.25) is 0 Å². The highest BCUT2D eigenvalue weighted by molar-refractivity contribution is 5.33. The monoisotopic (exact) mass is 192 g/mol. The zero-order valence-corrected chi connectivity index (χ0v) is 9.59. The quantitative estimate of drug-likeness (QED) is 0.767. The van der Waals surface area contributed by atoms with Crippen LogP contribution in [0.2, 0.25) is 0 Å². The number of nitrogens with two attached hydrogens (primary N) is 1. The molecule has 1 aromatic rings. The second kappa shape index (κ2) is 2.86. The minimum Gasteiger partial charge on any atom is -0.346 e. The maximum atomic E-state index is 6.15. The van der Waals surface area contributed by atoms with Crippen molar-refractivity contribution in [3.8, 4) is 0 Å². The van der Waals surface area contributed by atoms with E-state index >= 15 is 0 Å². The first-order chi connectivity index (χ1) is 6.41. The zero-order chi connectivity index (χ0) is 10.5. The van der Waals surface area contributed by atoms with Crippen LogP contribution in [0.5, 0.6) is 0 Å². The molecule has 14 heavy (non-hydrogen) atoms. The third kappa shape index (κ3) is 1.48. The van der Waals surface area contributed by atoms with Crippen molar-refractivity contribution >= 4 is 0 Å². The van der Waals surface area contributed by atoms with Crippen molar-refractivity contribution in [1.29, 1.82) is 0 Å². The molecule has 0 spiro atoms. The molecule has 0 amide bonds. The maximum Gasteiger partial charge on any atom is 0.0370 e. The lowest BCUT2D eigenvalue weighted by Crippen LogP contribution is -2.29. The van der Waals surface area contributed by atoms with E-state index in [1.165, 1.54) is 29.8 Å². The summed E-state index contributed by atoms with van der Waals surface area (Å²) in [5, 5.41) is 0. The Hall–Kier alpha value is -0.760. The van der Waals surface area contributed by atoms with Crippen molar-refractivity contribution in [3.63, 3.8) is 0 Å². The largest absolute Gasteiger partial charge is 0.346 e. The molecule has 1 heterocycles. The smallest absolute Gasteiger partial charge is 0.0370 e. The van der Waals surface area contributed by atoms with Crippen LogP contribution in [0.25, 0.3) is 0 Å². The molecular weight excluding hydrogens is 172 g/mol. The minimum atomic E-state index is -0.213. The van der Waals surface area contributed by atoms with Crippen LogP contribution in [0.15, 0.2) is 6.07 Å². The van der Waals surface area contributed by atoms with E-state index in [1.54, 1.807) is 0 Å². The number of aryl methyl sites for hydroxylation is 1. The minimum absolute atomic E-state index is 0.213. The van der Waals surface area contributed by atoms with E-state index in [2.05, 4.69) is 38.3 Å². The van der Waals surface area contributed by atoms with E-state index in [9.17, 15) is 0 Å². The molecule has 1 fully saturated rings. The molecule has 2 rings (SSSR count). The van der Waals surface area contributed by atoms with Gasteiger partial charge in [-0.05, 0) is 52.2 Å². The molecule has 1 aliphatic carbocycles. The highest BCUT2D eigenvalue weighted by Gasteiger charge is 2.29. The first-order valence-electron chi connectivity index (χ1n) is 5.39. The van der Waals surface area contributed by atoms with Gasteiger partial charge in [-0.1, -0.05) is 0 Å². The summed E-state index contributed by atoms with van der Waals surface area (Å²) < 4.78 is 2.45. The van der Waals surface area contributed by atoms with Gasteiger partial charge in [-0.15, -0.1) is 0 Å². The number of aromatic nitrogens is 1. The summed E-state index contributed by atoms with van der Waals surface area (Å²) in [7, 11) is 0. The van der Waals surface area contributed by atoms with Gasteiger partial charge in [0.25, 0.3) is 0 Å². The van der Waals surface area contributed by atoms with Gasteiger partial charge in [-0.3, -0.25) is 0 Å². The Morgan fingerprint density at radius 3 is 2.29 bits per heavy atom. The van der Waals surface area contributed by atoms with Crippen molar-refractivity contribution < 1.29 is 0 Å². The summed E-state index contributed by atoms with van der Waals surface area (Å²) in [5.41, 5.74) is 9.95. The SMILES string of the molecule is Cc1cc(C(C)(C)N)c(C)n1C1CC1. The van der Waals surface area contributed by atoms with E-state index in [1.807, 2.05) is 0 Å². The summed E-state index contributed by atoms with van der Waals surface area (Å²) in [6.45, 7) is 8.52. The van der Waals surface area contributed by atoms with Crippen LogP contribution in [0.3, 0.4) is 0 Å². The lowest BCUT2D eigenvalue weighted by atomic mass is 9.96. The van der Waals surface area contributed by atoms with Crippen LogP contribution in [0, 0.1) is 13.8 Å². The van der Waals surface area contributed by atoms with Gasteiger partial charge < -0.3 is 10.3 Å². The molecule has 0 aliphatic heterocycles. The summed E-state index contributed by atoms with van der Waals surface area (Å²) in [5.74, 6) is 0. The van der Waals surface area contributed by atoms with Gasteiger partial charge in [-0.2, -0.15) is 0 Å². The molecule has 1 aromatic heterocycles. The fraction of sp³-hybridized carbons (Fsp3) is 0.667. The van der Waals surface area contributed by atoms with E-state index in [4.69, 9.17) is 5.73 Å². The Morgan fingerprint density at radius 2 is 1.93 bits per heavy atom. The fourth-order valence-corrected chi connectivity index (χ4v) is 2.32. The predicted molar refractivity (Wildman–Crippen MR) is 59.4 cm³/mol. The van der Waals surface area contributed by atoms with Gasteiger partial charge in [0.1, 0.15) is 0 Å². The summed E-state index contributed by atoms with van der Waals surface area (Å²) in [6.07, 6.45) is 2.67. The number of rotatable bonds is 2.